The Hall–Kier alpha value is -1.99. The summed E-state index contributed by atoms with van der Waals surface area (Å²) in [5.41, 5.74) is 14.1. The van der Waals surface area contributed by atoms with Crippen LogP contribution in [0.1, 0.15) is 28.4 Å². The summed E-state index contributed by atoms with van der Waals surface area (Å²) in [4.78, 5) is 14.1. The van der Waals surface area contributed by atoms with Gasteiger partial charge >= 0.3 is 5.97 Å². The van der Waals surface area contributed by atoms with Gasteiger partial charge in [-0.25, -0.2) is 4.79 Å². The van der Waals surface area contributed by atoms with E-state index in [-0.39, 0.29) is 34.8 Å². The van der Waals surface area contributed by atoms with Crippen LogP contribution in [0.3, 0.4) is 0 Å². The van der Waals surface area contributed by atoms with Crippen LogP contribution in [0.15, 0.2) is 17.2 Å². The Morgan fingerprint density at radius 1 is 1.57 bits per heavy atom. The quantitative estimate of drug-likeness (QED) is 0.241. The second-order valence-corrected chi connectivity index (χ2v) is 4.62. The monoisotopic (exact) mass is 314 g/mol. The molecule has 0 saturated carbocycles. The van der Waals surface area contributed by atoms with Crippen LogP contribution in [0.4, 0.5) is 5.69 Å². The van der Waals surface area contributed by atoms with E-state index in [0.717, 1.165) is 0 Å². The van der Waals surface area contributed by atoms with Crippen molar-refractivity contribution in [1.29, 1.82) is 0 Å². The number of azide groups is 1. The van der Waals surface area contributed by atoms with Gasteiger partial charge in [0.1, 0.15) is 6.10 Å². The number of nitrogen functional groups attached to an aromatic ring is 1. The summed E-state index contributed by atoms with van der Waals surface area (Å²) in [6.07, 6.45) is -2.52. The number of ether oxygens (including phenoxy) is 1. The lowest BCUT2D eigenvalue weighted by Crippen LogP contribution is -2.20. The lowest BCUT2D eigenvalue weighted by atomic mass is 9.99. The van der Waals surface area contributed by atoms with E-state index < -0.39 is 18.2 Å². The van der Waals surface area contributed by atoms with E-state index in [2.05, 4.69) is 14.8 Å². The molecule has 0 fully saturated rings. The average Bonchev–Trinajstić information content (AvgIpc) is 2.46. The van der Waals surface area contributed by atoms with E-state index in [0.29, 0.717) is 0 Å². The molecule has 0 heterocycles. The fourth-order valence-electron chi connectivity index (χ4n) is 1.72. The molecule has 0 aromatic heterocycles. The number of hydrogen-bond acceptors (Lipinski definition) is 6. The van der Waals surface area contributed by atoms with Gasteiger partial charge in [-0.05, 0) is 24.1 Å². The number of benzene rings is 1. The molecular weight excluding hydrogens is 300 g/mol. The highest BCUT2D eigenvalue weighted by Gasteiger charge is 2.23. The summed E-state index contributed by atoms with van der Waals surface area (Å²) in [7, 11) is 1.20. The van der Waals surface area contributed by atoms with Crippen LogP contribution >= 0.6 is 11.6 Å². The molecule has 114 valence electrons. The first-order chi connectivity index (χ1) is 9.92. The van der Waals surface area contributed by atoms with Gasteiger partial charge in [0.2, 0.25) is 0 Å². The van der Waals surface area contributed by atoms with Gasteiger partial charge in [0.15, 0.2) is 0 Å². The summed E-state index contributed by atoms with van der Waals surface area (Å²) >= 11 is 5.96. The maximum absolute atomic E-state index is 11.6. The molecule has 1 rings (SSSR count). The molecule has 8 nitrogen and oxygen atoms in total. The van der Waals surface area contributed by atoms with Gasteiger partial charge < -0.3 is 20.7 Å². The Labute approximate surface area is 125 Å². The maximum atomic E-state index is 11.6. The van der Waals surface area contributed by atoms with E-state index in [4.69, 9.17) is 22.9 Å². The topological polar surface area (TPSA) is 142 Å². The number of nitrogens with zero attached hydrogens (tertiary/aromatic N) is 3. The van der Waals surface area contributed by atoms with Crippen molar-refractivity contribution in [1.82, 2.24) is 0 Å². The van der Waals surface area contributed by atoms with E-state index in [9.17, 15) is 15.0 Å². The van der Waals surface area contributed by atoms with E-state index >= 15 is 0 Å². The normalized spacial score (nSPS) is 13.1. The molecule has 0 saturated heterocycles. The van der Waals surface area contributed by atoms with Gasteiger partial charge in [0, 0.05) is 27.7 Å². The lowest BCUT2D eigenvalue weighted by Gasteiger charge is -2.19. The highest BCUT2D eigenvalue weighted by Crippen LogP contribution is 2.31. The van der Waals surface area contributed by atoms with Crippen molar-refractivity contribution >= 4 is 23.3 Å². The Morgan fingerprint density at radius 3 is 2.81 bits per heavy atom. The van der Waals surface area contributed by atoms with Crippen molar-refractivity contribution in [2.24, 2.45) is 5.11 Å². The summed E-state index contributed by atoms with van der Waals surface area (Å²) < 4.78 is 4.57. The SMILES string of the molecule is COC(=O)c1cc(C(O)C(O)CCN=[N+]=[N-])c(Cl)cc1N. The van der Waals surface area contributed by atoms with Crippen LogP contribution < -0.4 is 5.73 Å². The predicted octanol–water partition coefficient (Wildman–Crippen LogP) is 1.80. The number of hydrogen-bond donors (Lipinski definition) is 3. The summed E-state index contributed by atoms with van der Waals surface area (Å²) in [6, 6.07) is 2.57. The Kier molecular flexibility index (Phi) is 6.26. The van der Waals surface area contributed by atoms with E-state index in [1.807, 2.05) is 0 Å². The van der Waals surface area contributed by atoms with E-state index in [1.165, 1.54) is 19.2 Å². The van der Waals surface area contributed by atoms with Crippen molar-refractivity contribution in [3.8, 4) is 0 Å². The second-order valence-electron chi connectivity index (χ2n) is 4.21. The van der Waals surface area contributed by atoms with Gasteiger partial charge in [-0.2, -0.15) is 0 Å². The van der Waals surface area contributed by atoms with Crippen LogP contribution in [0.5, 0.6) is 0 Å². The van der Waals surface area contributed by atoms with Crippen molar-refractivity contribution in [2.45, 2.75) is 18.6 Å². The van der Waals surface area contributed by atoms with Crippen molar-refractivity contribution in [2.75, 3.05) is 19.4 Å². The third kappa shape index (κ3) is 4.24. The molecule has 1 aromatic carbocycles. The second kappa shape index (κ2) is 7.70. The number of esters is 1. The third-order valence-corrected chi connectivity index (χ3v) is 3.17. The number of rotatable bonds is 6. The van der Waals surface area contributed by atoms with Crippen LogP contribution in [0, 0.1) is 0 Å². The van der Waals surface area contributed by atoms with Gasteiger partial charge in [0.25, 0.3) is 0 Å². The molecule has 1 aromatic rings. The molecule has 0 amide bonds. The summed E-state index contributed by atoms with van der Waals surface area (Å²) in [5, 5.41) is 23.3. The number of carbonyl (C=O) groups is 1. The third-order valence-electron chi connectivity index (χ3n) is 2.85. The molecular formula is C12H15ClN4O4. The molecule has 0 aliphatic carbocycles. The van der Waals surface area contributed by atoms with Crippen LogP contribution in [-0.4, -0.2) is 35.9 Å². The Balaban J connectivity index is 3.05. The van der Waals surface area contributed by atoms with Gasteiger partial charge in [0.05, 0.1) is 18.8 Å². The summed E-state index contributed by atoms with van der Waals surface area (Å²) in [6.45, 7) is 0.0190. The molecule has 4 N–H and O–H groups in total. The van der Waals surface area contributed by atoms with Crippen molar-refractivity contribution in [3.63, 3.8) is 0 Å². The molecule has 21 heavy (non-hydrogen) atoms. The van der Waals surface area contributed by atoms with Gasteiger partial charge in [-0.3, -0.25) is 0 Å². The number of aliphatic hydroxyl groups is 2. The van der Waals surface area contributed by atoms with Crippen molar-refractivity contribution in [3.05, 3.63) is 38.7 Å². The summed E-state index contributed by atoms with van der Waals surface area (Å²) in [5.74, 6) is -0.679. The zero-order chi connectivity index (χ0) is 16.0. The minimum absolute atomic E-state index is 0.0190. The highest BCUT2D eigenvalue weighted by atomic mass is 35.5. The fraction of sp³-hybridized carbons (Fsp3) is 0.417. The van der Waals surface area contributed by atoms with Crippen molar-refractivity contribution < 1.29 is 19.7 Å². The number of carbonyl (C=O) groups excluding carboxylic acids is 1. The van der Waals surface area contributed by atoms with Gasteiger partial charge in [-0.1, -0.05) is 16.7 Å². The first-order valence-electron chi connectivity index (χ1n) is 5.96. The zero-order valence-corrected chi connectivity index (χ0v) is 12.0. The first-order valence-corrected chi connectivity index (χ1v) is 6.34. The minimum atomic E-state index is -1.35. The smallest absolute Gasteiger partial charge is 0.339 e. The molecule has 0 aliphatic heterocycles. The fourth-order valence-corrected chi connectivity index (χ4v) is 2.00. The van der Waals surface area contributed by atoms with Crippen LogP contribution in [0.2, 0.25) is 5.02 Å². The first kappa shape index (κ1) is 17.1. The number of methoxy groups -OCH3 is 1. The Morgan fingerprint density at radius 2 is 2.24 bits per heavy atom. The minimum Gasteiger partial charge on any atom is -0.465 e. The molecule has 0 aliphatic rings. The number of halogens is 1. The highest BCUT2D eigenvalue weighted by molar-refractivity contribution is 6.32. The predicted molar refractivity (Wildman–Crippen MR) is 76.8 cm³/mol. The molecule has 0 spiro atoms. The standard InChI is InChI=1S/C12H15ClN4O4/c1-21-12(20)7-4-6(8(13)5-9(7)14)11(19)10(18)2-3-16-17-15/h4-5,10-11,18-19H,2-3,14H2,1H3. The molecule has 2 unspecified atom stereocenters. The molecule has 0 bridgehead atoms. The number of anilines is 1. The van der Waals surface area contributed by atoms with Crippen LogP contribution in [-0.2, 0) is 4.74 Å². The zero-order valence-electron chi connectivity index (χ0n) is 11.2. The lowest BCUT2D eigenvalue weighted by molar-refractivity contribution is 0.0150. The number of aliphatic hydroxyl groups excluding tert-OH is 2. The number of nitrogens with two attached hydrogens (primary N) is 1. The van der Waals surface area contributed by atoms with Crippen LogP contribution in [0.25, 0.3) is 10.4 Å². The largest absolute Gasteiger partial charge is 0.465 e. The van der Waals surface area contributed by atoms with E-state index in [1.54, 1.807) is 0 Å². The Bertz CT molecular complexity index is 575. The average molecular weight is 315 g/mol. The van der Waals surface area contributed by atoms with Gasteiger partial charge in [-0.15, -0.1) is 0 Å². The maximum Gasteiger partial charge on any atom is 0.339 e. The molecule has 0 radical (unpaired) electrons. The molecule has 9 heteroatoms. The molecule has 2 atom stereocenters.